The summed E-state index contributed by atoms with van der Waals surface area (Å²) >= 11 is 0. The Morgan fingerprint density at radius 1 is 1.41 bits per heavy atom. The molecule has 0 aromatic carbocycles. The van der Waals surface area contributed by atoms with E-state index >= 15 is 0 Å². The monoisotopic (exact) mass is 232 g/mol. The van der Waals surface area contributed by atoms with E-state index in [-0.39, 0.29) is 0 Å². The number of nitrogens with zero attached hydrogens (tertiary/aromatic N) is 1. The van der Waals surface area contributed by atoms with Crippen LogP contribution in [0.5, 0.6) is 0 Å². The van der Waals surface area contributed by atoms with Gasteiger partial charge in [-0.2, -0.15) is 0 Å². The van der Waals surface area contributed by atoms with Crippen molar-refractivity contribution in [3.05, 3.63) is 30.1 Å². The first kappa shape index (κ1) is 12.6. The first-order chi connectivity index (χ1) is 8.06. The van der Waals surface area contributed by atoms with E-state index in [1.54, 1.807) is 0 Å². The van der Waals surface area contributed by atoms with Crippen LogP contribution in [0.3, 0.4) is 0 Å². The molecule has 2 rings (SSSR count). The van der Waals surface area contributed by atoms with Crippen LogP contribution >= 0.6 is 0 Å². The first-order valence-electron chi connectivity index (χ1n) is 6.69. The molecule has 1 N–H and O–H groups in total. The second-order valence-electron chi connectivity index (χ2n) is 5.95. The van der Waals surface area contributed by atoms with Crippen molar-refractivity contribution in [2.75, 3.05) is 6.54 Å². The number of hydrogen-bond acceptors (Lipinski definition) is 2. The molecule has 94 valence electrons. The minimum Gasteiger partial charge on any atom is -0.313 e. The molecule has 0 radical (unpaired) electrons. The van der Waals surface area contributed by atoms with E-state index in [0.29, 0.717) is 17.4 Å². The van der Waals surface area contributed by atoms with Crippen LogP contribution in [0, 0.1) is 11.3 Å². The number of likely N-dealkylation sites (N-methyl/N-ethyl adjacent to an activating group) is 1. The molecular weight excluding hydrogens is 208 g/mol. The summed E-state index contributed by atoms with van der Waals surface area (Å²) in [5, 5.41) is 3.68. The molecule has 1 aromatic rings. The van der Waals surface area contributed by atoms with Gasteiger partial charge < -0.3 is 5.32 Å². The Labute approximate surface area is 105 Å². The highest BCUT2D eigenvalue weighted by atomic mass is 14.9. The van der Waals surface area contributed by atoms with E-state index < -0.39 is 0 Å². The summed E-state index contributed by atoms with van der Waals surface area (Å²) in [5.74, 6) is 1.37. The predicted octanol–water partition coefficient (Wildman–Crippen LogP) is 3.21. The number of nitrogens with one attached hydrogen (secondary N) is 1. The fraction of sp³-hybridized carbons (Fsp3) is 0.667. The molecule has 0 saturated heterocycles. The fourth-order valence-corrected chi connectivity index (χ4v) is 2.90. The largest absolute Gasteiger partial charge is 0.313 e. The lowest BCUT2D eigenvalue weighted by Crippen LogP contribution is -2.37. The zero-order chi connectivity index (χ0) is 12.5. The summed E-state index contributed by atoms with van der Waals surface area (Å²) in [6, 6.07) is 4.88. The number of hydrogen-bond donors (Lipinski definition) is 1. The first-order valence-corrected chi connectivity index (χ1v) is 6.69. The second-order valence-corrected chi connectivity index (χ2v) is 5.95. The lowest BCUT2D eigenvalue weighted by molar-refractivity contribution is 0.368. The molecule has 1 fully saturated rings. The van der Waals surface area contributed by atoms with Gasteiger partial charge in [0.25, 0.3) is 0 Å². The van der Waals surface area contributed by atoms with Crippen molar-refractivity contribution in [1.82, 2.24) is 10.3 Å². The average molecular weight is 232 g/mol. The summed E-state index contributed by atoms with van der Waals surface area (Å²) < 4.78 is 0. The van der Waals surface area contributed by atoms with Crippen molar-refractivity contribution in [3.8, 4) is 0 Å². The third-order valence-electron chi connectivity index (χ3n) is 4.23. The van der Waals surface area contributed by atoms with Gasteiger partial charge in [0.2, 0.25) is 0 Å². The zero-order valence-electron chi connectivity index (χ0n) is 11.4. The van der Waals surface area contributed by atoms with Crippen LogP contribution in [0.1, 0.15) is 45.6 Å². The van der Waals surface area contributed by atoms with E-state index in [0.717, 1.165) is 12.5 Å². The van der Waals surface area contributed by atoms with E-state index in [4.69, 9.17) is 0 Å². The van der Waals surface area contributed by atoms with Gasteiger partial charge in [-0.05, 0) is 47.9 Å². The summed E-state index contributed by atoms with van der Waals surface area (Å²) in [5.41, 5.74) is 1.92. The normalized spacial score (nSPS) is 25.3. The number of pyridine rings is 1. The second kappa shape index (κ2) is 4.77. The third kappa shape index (κ3) is 2.68. The van der Waals surface area contributed by atoms with Gasteiger partial charge in [0.15, 0.2) is 0 Å². The maximum Gasteiger partial charge on any atom is 0.0270 e. The topological polar surface area (TPSA) is 24.9 Å². The lowest BCUT2D eigenvalue weighted by atomic mass is 9.88. The van der Waals surface area contributed by atoms with Gasteiger partial charge in [0.05, 0.1) is 0 Å². The molecule has 3 unspecified atom stereocenters. The zero-order valence-corrected chi connectivity index (χ0v) is 11.4. The van der Waals surface area contributed by atoms with Gasteiger partial charge in [-0.1, -0.05) is 27.7 Å². The number of rotatable bonds is 5. The minimum absolute atomic E-state index is 0.522. The molecule has 1 heterocycles. The maximum absolute atomic E-state index is 4.10. The minimum atomic E-state index is 0.522. The molecule has 2 nitrogen and oxygen atoms in total. The Hall–Kier alpha value is -0.890. The van der Waals surface area contributed by atoms with Crippen LogP contribution in [-0.4, -0.2) is 17.6 Å². The SMILES string of the molecule is CCNC(C(C)c1ccncc1)C1CC1(C)C. The van der Waals surface area contributed by atoms with E-state index in [9.17, 15) is 0 Å². The molecule has 0 bridgehead atoms. The van der Waals surface area contributed by atoms with Gasteiger partial charge in [0, 0.05) is 18.4 Å². The van der Waals surface area contributed by atoms with Crippen LogP contribution in [0.2, 0.25) is 0 Å². The van der Waals surface area contributed by atoms with Gasteiger partial charge in [-0.25, -0.2) is 0 Å². The van der Waals surface area contributed by atoms with Crippen LogP contribution in [0.15, 0.2) is 24.5 Å². The molecule has 2 heteroatoms. The lowest BCUT2D eigenvalue weighted by Gasteiger charge is -2.26. The van der Waals surface area contributed by atoms with Crippen LogP contribution < -0.4 is 5.32 Å². The molecule has 17 heavy (non-hydrogen) atoms. The van der Waals surface area contributed by atoms with Crippen molar-refractivity contribution in [1.29, 1.82) is 0 Å². The average Bonchev–Trinajstić information content (AvgIpc) is 2.95. The van der Waals surface area contributed by atoms with Gasteiger partial charge in [-0.3, -0.25) is 4.98 Å². The summed E-state index contributed by atoms with van der Waals surface area (Å²) in [4.78, 5) is 4.10. The van der Waals surface area contributed by atoms with Crippen LogP contribution in [0.25, 0.3) is 0 Å². The van der Waals surface area contributed by atoms with Crippen LogP contribution in [-0.2, 0) is 0 Å². The fourth-order valence-electron chi connectivity index (χ4n) is 2.90. The van der Waals surface area contributed by atoms with Crippen molar-refractivity contribution in [2.45, 2.75) is 46.1 Å². The van der Waals surface area contributed by atoms with Crippen LogP contribution in [0.4, 0.5) is 0 Å². The van der Waals surface area contributed by atoms with Gasteiger partial charge in [-0.15, -0.1) is 0 Å². The smallest absolute Gasteiger partial charge is 0.0270 e. The Balaban J connectivity index is 2.11. The third-order valence-corrected chi connectivity index (χ3v) is 4.23. The quantitative estimate of drug-likeness (QED) is 0.843. The molecule has 1 aromatic heterocycles. The molecular formula is C15H24N2. The van der Waals surface area contributed by atoms with Crippen molar-refractivity contribution >= 4 is 0 Å². The van der Waals surface area contributed by atoms with Gasteiger partial charge in [0.1, 0.15) is 0 Å². The highest BCUT2D eigenvalue weighted by molar-refractivity contribution is 5.20. The Morgan fingerprint density at radius 3 is 2.47 bits per heavy atom. The number of aromatic nitrogens is 1. The highest BCUT2D eigenvalue weighted by Gasteiger charge is 2.51. The molecule has 1 saturated carbocycles. The van der Waals surface area contributed by atoms with E-state index in [1.165, 1.54) is 12.0 Å². The maximum atomic E-state index is 4.10. The van der Waals surface area contributed by atoms with E-state index in [2.05, 4.69) is 50.1 Å². The molecule has 1 aliphatic carbocycles. The predicted molar refractivity (Wildman–Crippen MR) is 72.0 cm³/mol. The molecule has 0 spiro atoms. The molecule has 0 aliphatic heterocycles. The van der Waals surface area contributed by atoms with Gasteiger partial charge >= 0.3 is 0 Å². The van der Waals surface area contributed by atoms with Crippen molar-refractivity contribution < 1.29 is 0 Å². The standard InChI is InChI=1S/C15H24N2/c1-5-17-14(13-10-15(13,3)4)11(2)12-6-8-16-9-7-12/h6-9,11,13-14,17H,5,10H2,1-4H3. The van der Waals surface area contributed by atoms with Crippen molar-refractivity contribution in [2.24, 2.45) is 11.3 Å². The summed E-state index contributed by atoms with van der Waals surface area (Å²) in [6.45, 7) is 10.3. The Bertz CT molecular complexity index is 358. The summed E-state index contributed by atoms with van der Waals surface area (Å²) in [6.07, 6.45) is 5.14. The molecule has 0 amide bonds. The Morgan fingerprint density at radius 2 is 2.00 bits per heavy atom. The Kier molecular flexibility index (Phi) is 3.53. The van der Waals surface area contributed by atoms with Crippen molar-refractivity contribution in [3.63, 3.8) is 0 Å². The molecule has 3 atom stereocenters. The van der Waals surface area contributed by atoms with E-state index in [1.807, 2.05) is 12.4 Å². The summed E-state index contributed by atoms with van der Waals surface area (Å²) in [7, 11) is 0. The highest BCUT2D eigenvalue weighted by Crippen LogP contribution is 2.55. The molecule has 1 aliphatic rings.